The first-order valence-electron chi connectivity index (χ1n) is 12.6. The van der Waals surface area contributed by atoms with Crippen LogP contribution in [-0.4, -0.2) is 72.3 Å². The molecule has 1 saturated carbocycles. The number of nitrogens with one attached hydrogen (secondary N) is 3. The average Bonchev–Trinajstić information content (AvgIpc) is 2.86. The number of ether oxygens (including phenoxy) is 2. The van der Waals surface area contributed by atoms with Crippen molar-refractivity contribution < 1.29 is 14.6 Å². The van der Waals surface area contributed by atoms with Crippen molar-refractivity contribution in [2.24, 2.45) is 0 Å². The molecule has 0 aromatic carbocycles. The molecule has 1 saturated heterocycles. The summed E-state index contributed by atoms with van der Waals surface area (Å²) in [5, 5.41) is 21.8. The minimum Gasteiger partial charge on any atom is -0.388 e. The summed E-state index contributed by atoms with van der Waals surface area (Å²) < 4.78 is 10.6. The normalized spacial score (nSPS) is 23.0. The van der Waals surface area contributed by atoms with E-state index in [1.807, 2.05) is 24.3 Å². The lowest BCUT2D eigenvalue weighted by Gasteiger charge is -2.32. The number of hydrogen-bond donors (Lipinski definition) is 4. The number of rotatable bonds is 10. The average molecular weight is 504 g/mol. The molecule has 9 heteroatoms. The maximum Gasteiger partial charge on any atom is 0.126 e. The standard InChI is InChI=1S/C26H38ClN5O3/c1-18(16-34-2)30-19-6-8-20(9-7-19)31-25-14-21(22(27)15-28-25)23-4-3-5-24(32-23)29-17-26(33)10-12-35-13-11-26/h3-5,14-15,18-20,30,33H,6-13,16-17H2,1-2H3,(H,28,31)(H,29,32)/t18-,19?,20?/m0/s1. The van der Waals surface area contributed by atoms with Crippen LogP contribution in [0.2, 0.25) is 5.02 Å². The minimum absolute atomic E-state index is 0.368. The highest BCUT2D eigenvalue weighted by Gasteiger charge is 2.29. The molecule has 1 aliphatic heterocycles. The lowest BCUT2D eigenvalue weighted by atomic mass is 9.90. The number of aliphatic hydroxyl groups is 1. The molecule has 2 aliphatic rings. The third-order valence-electron chi connectivity index (χ3n) is 6.92. The van der Waals surface area contributed by atoms with Crippen molar-refractivity contribution >= 4 is 23.2 Å². The Bertz CT molecular complexity index is 948. The molecule has 192 valence electrons. The van der Waals surface area contributed by atoms with Crippen molar-refractivity contribution in [3.63, 3.8) is 0 Å². The monoisotopic (exact) mass is 503 g/mol. The maximum atomic E-state index is 10.7. The van der Waals surface area contributed by atoms with E-state index in [4.69, 9.17) is 26.1 Å². The van der Waals surface area contributed by atoms with Gasteiger partial charge in [-0.3, -0.25) is 0 Å². The molecule has 2 aromatic heterocycles. The van der Waals surface area contributed by atoms with Gasteiger partial charge in [0.15, 0.2) is 0 Å². The van der Waals surface area contributed by atoms with Crippen LogP contribution in [-0.2, 0) is 9.47 Å². The van der Waals surface area contributed by atoms with Crippen LogP contribution in [0.1, 0.15) is 45.4 Å². The molecular weight excluding hydrogens is 466 g/mol. The van der Waals surface area contributed by atoms with E-state index in [9.17, 15) is 5.11 Å². The van der Waals surface area contributed by atoms with Gasteiger partial charge in [0, 0.05) is 69.6 Å². The highest BCUT2D eigenvalue weighted by atomic mass is 35.5. The van der Waals surface area contributed by atoms with Crippen LogP contribution in [0.4, 0.5) is 11.6 Å². The number of anilines is 2. The Hall–Kier alpha value is -1.97. The van der Waals surface area contributed by atoms with E-state index in [0.717, 1.165) is 49.4 Å². The second kappa shape index (κ2) is 12.3. The quantitative estimate of drug-likeness (QED) is 0.384. The number of nitrogens with zero attached hydrogens (tertiary/aromatic N) is 2. The van der Waals surface area contributed by atoms with E-state index >= 15 is 0 Å². The van der Waals surface area contributed by atoms with Crippen molar-refractivity contribution in [3.8, 4) is 11.3 Å². The minimum atomic E-state index is -0.766. The highest BCUT2D eigenvalue weighted by molar-refractivity contribution is 6.33. The number of methoxy groups -OCH3 is 1. The molecule has 4 rings (SSSR count). The lowest BCUT2D eigenvalue weighted by molar-refractivity contribution is -0.0543. The predicted octanol–water partition coefficient (Wildman–Crippen LogP) is 4.10. The summed E-state index contributed by atoms with van der Waals surface area (Å²) in [5.74, 6) is 1.52. The molecule has 4 N–H and O–H groups in total. The third kappa shape index (κ3) is 7.51. The van der Waals surface area contributed by atoms with E-state index in [-0.39, 0.29) is 0 Å². The molecule has 0 bridgehead atoms. The van der Waals surface area contributed by atoms with E-state index in [2.05, 4.69) is 27.9 Å². The molecule has 2 aromatic rings. The van der Waals surface area contributed by atoms with Crippen molar-refractivity contribution in [3.05, 3.63) is 35.5 Å². The molecule has 35 heavy (non-hydrogen) atoms. The predicted molar refractivity (Wildman–Crippen MR) is 140 cm³/mol. The van der Waals surface area contributed by atoms with Gasteiger partial charge in [-0.2, -0.15) is 0 Å². The molecular formula is C26H38ClN5O3. The Morgan fingerprint density at radius 3 is 2.66 bits per heavy atom. The van der Waals surface area contributed by atoms with E-state index in [1.54, 1.807) is 13.3 Å². The fourth-order valence-electron chi connectivity index (χ4n) is 4.89. The van der Waals surface area contributed by atoms with Crippen LogP contribution < -0.4 is 16.0 Å². The number of aromatic nitrogens is 2. The second-order valence-corrected chi connectivity index (χ2v) is 10.3. The second-order valence-electron chi connectivity index (χ2n) is 9.86. The molecule has 0 spiro atoms. The van der Waals surface area contributed by atoms with Crippen molar-refractivity contribution in [2.45, 2.75) is 69.2 Å². The van der Waals surface area contributed by atoms with Gasteiger partial charge < -0.3 is 30.5 Å². The largest absolute Gasteiger partial charge is 0.388 e. The molecule has 0 unspecified atom stereocenters. The van der Waals surface area contributed by atoms with Crippen LogP contribution >= 0.6 is 11.6 Å². The van der Waals surface area contributed by atoms with Crippen molar-refractivity contribution in [2.75, 3.05) is 44.1 Å². The van der Waals surface area contributed by atoms with Crippen LogP contribution in [0.25, 0.3) is 11.3 Å². The fraction of sp³-hybridized carbons (Fsp3) is 0.615. The Kier molecular flexibility index (Phi) is 9.19. The van der Waals surface area contributed by atoms with Gasteiger partial charge in [0.25, 0.3) is 0 Å². The first-order chi connectivity index (χ1) is 16.9. The van der Waals surface area contributed by atoms with Crippen molar-refractivity contribution in [1.29, 1.82) is 0 Å². The smallest absolute Gasteiger partial charge is 0.126 e. The maximum absolute atomic E-state index is 10.7. The highest BCUT2D eigenvalue weighted by Crippen LogP contribution is 2.30. The van der Waals surface area contributed by atoms with Crippen molar-refractivity contribution in [1.82, 2.24) is 15.3 Å². The zero-order valence-electron chi connectivity index (χ0n) is 20.7. The molecule has 1 atom stereocenters. The summed E-state index contributed by atoms with van der Waals surface area (Å²) in [5.41, 5.74) is 0.836. The zero-order chi connectivity index (χ0) is 24.7. The van der Waals surface area contributed by atoms with Gasteiger partial charge >= 0.3 is 0 Å². The SMILES string of the molecule is COC[C@H](C)NC1CCC(Nc2cc(-c3cccc(NCC4(O)CCOCC4)n3)c(Cl)cn2)CC1. The number of pyridine rings is 2. The molecule has 0 amide bonds. The van der Waals surface area contributed by atoms with Crippen LogP contribution in [0.15, 0.2) is 30.5 Å². The molecule has 8 nitrogen and oxygen atoms in total. The van der Waals surface area contributed by atoms with Gasteiger partial charge in [0.2, 0.25) is 0 Å². The zero-order valence-corrected chi connectivity index (χ0v) is 21.5. The lowest BCUT2D eigenvalue weighted by Crippen LogP contribution is -2.42. The number of hydrogen-bond acceptors (Lipinski definition) is 8. The third-order valence-corrected chi connectivity index (χ3v) is 7.22. The van der Waals surface area contributed by atoms with E-state index < -0.39 is 5.60 Å². The van der Waals surface area contributed by atoms with Gasteiger partial charge in [-0.15, -0.1) is 0 Å². The Morgan fingerprint density at radius 1 is 1.17 bits per heavy atom. The van der Waals surface area contributed by atoms with Crippen LogP contribution in [0.5, 0.6) is 0 Å². The van der Waals surface area contributed by atoms with Gasteiger partial charge in [-0.1, -0.05) is 17.7 Å². The first kappa shape index (κ1) is 26.1. The molecule has 2 fully saturated rings. The molecule has 0 radical (unpaired) electrons. The summed E-state index contributed by atoms with van der Waals surface area (Å²) in [4.78, 5) is 9.26. The van der Waals surface area contributed by atoms with E-state index in [1.165, 1.54) is 0 Å². The summed E-state index contributed by atoms with van der Waals surface area (Å²) in [6, 6.07) is 9.05. The topological polar surface area (TPSA) is 101 Å². The number of halogens is 1. The van der Waals surface area contributed by atoms with Gasteiger partial charge in [-0.05, 0) is 50.8 Å². The van der Waals surface area contributed by atoms with Gasteiger partial charge in [0.05, 0.1) is 22.9 Å². The summed E-state index contributed by atoms with van der Waals surface area (Å²) in [6.45, 7) is 4.50. The summed E-state index contributed by atoms with van der Waals surface area (Å²) >= 11 is 6.52. The summed E-state index contributed by atoms with van der Waals surface area (Å²) in [6.07, 6.45) is 7.35. The Morgan fingerprint density at radius 2 is 1.91 bits per heavy atom. The van der Waals surface area contributed by atoms with E-state index in [0.29, 0.717) is 61.6 Å². The van der Waals surface area contributed by atoms with Gasteiger partial charge in [-0.25, -0.2) is 9.97 Å². The first-order valence-corrected chi connectivity index (χ1v) is 13.0. The molecule has 1 aliphatic carbocycles. The Balaban J connectivity index is 1.36. The molecule has 3 heterocycles. The summed E-state index contributed by atoms with van der Waals surface area (Å²) in [7, 11) is 1.74. The Labute approximate surface area is 213 Å². The van der Waals surface area contributed by atoms with Crippen LogP contribution in [0.3, 0.4) is 0 Å². The van der Waals surface area contributed by atoms with Crippen LogP contribution in [0, 0.1) is 0 Å². The van der Waals surface area contributed by atoms with Gasteiger partial charge in [0.1, 0.15) is 11.6 Å². The fourth-order valence-corrected chi connectivity index (χ4v) is 5.09.